The average Bonchev–Trinajstić information content (AvgIpc) is 2.55. The lowest BCUT2D eigenvalue weighted by atomic mass is 10.0. The van der Waals surface area contributed by atoms with Crippen molar-refractivity contribution in [1.29, 1.82) is 0 Å². The van der Waals surface area contributed by atoms with Crippen LogP contribution in [0.1, 0.15) is 27.1 Å². The molecule has 0 saturated heterocycles. The molecular weight excluding hydrogens is 334 g/mol. The molecule has 0 radical (unpaired) electrons. The van der Waals surface area contributed by atoms with Gasteiger partial charge >= 0.3 is 0 Å². The molecule has 0 spiro atoms. The van der Waals surface area contributed by atoms with Gasteiger partial charge in [-0.15, -0.1) is 0 Å². The summed E-state index contributed by atoms with van der Waals surface area (Å²) in [6, 6.07) is 12.4. The van der Waals surface area contributed by atoms with Gasteiger partial charge in [-0.05, 0) is 6.07 Å². The van der Waals surface area contributed by atoms with Gasteiger partial charge in [0.25, 0.3) is 0 Å². The fraction of sp³-hybridized carbons (Fsp3) is 0.188. The van der Waals surface area contributed by atoms with Gasteiger partial charge in [0.2, 0.25) is 10.4 Å². The molecule has 24 heavy (non-hydrogen) atoms. The van der Waals surface area contributed by atoms with E-state index in [4.69, 9.17) is 0 Å². The maximum Gasteiger partial charge on any atom is 0.217 e. The highest BCUT2D eigenvalue weighted by Crippen LogP contribution is 2.07. The molecule has 0 bridgehead atoms. The minimum absolute atomic E-state index is 0.0893. The standard InChI is InChI=1S/C15H14NO2.CH4O4S/c1-16-9-5-8-13(11-16)15(18)10-14(17)12-6-3-2-4-7-12;1-5-6(2,3)4/h2-9,11H,10H2,1H3;1H3,(H,2,3,4)/q+1;/p-1. The second-order valence-electron chi connectivity index (χ2n) is 4.72. The number of Topliss-reactive ketones (excluding diaryl/α,β-unsaturated/α-hetero) is 2. The molecule has 1 heterocycles. The number of pyridine rings is 1. The van der Waals surface area contributed by atoms with Crippen molar-refractivity contribution in [3.05, 3.63) is 66.0 Å². The second kappa shape index (κ2) is 9.02. The molecule has 7 nitrogen and oxygen atoms in total. The van der Waals surface area contributed by atoms with Crippen LogP contribution in [-0.4, -0.2) is 31.6 Å². The van der Waals surface area contributed by atoms with E-state index < -0.39 is 10.4 Å². The lowest BCUT2D eigenvalue weighted by Gasteiger charge is -2.00. The van der Waals surface area contributed by atoms with Gasteiger partial charge < -0.3 is 4.55 Å². The molecule has 0 fully saturated rings. The van der Waals surface area contributed by atoms with Crippen molar-refractivity contribution in [3.8, 4) is 0 Å². The summed E-state index contributed by atoms with van der Waals surface area (Å²) in [4.78, 5) is 23.8. The van der Waals surface area contributed by atoms with Crippen LogP contribution in [0.3, 0.4) is 0 Å². The van der Waals surface area contributed by atoms with E-state index in [-0.39, 0.29) is 18.0 Å². The largest absolute Gasteiger partial charge is 0.726 e. The number of carbonyl (C=O) groups is 2. The first kappa shape index (κ1) is 19.6. The Labute approximate surface area is 140 Å². The summed E-state index contributed by atoms with van der Waals surface area (Å²) in [7, 11) is -1.76. The molecule has 0 aliphatic heterocycles. The van der Waals surface area contributed by atoms with Crippen LogP contribution in [-0.2, 0) is 21.6 Å². The number of carbonyl (C=O) groups excluding carboxylic acids is 2. The number of nitrogens with zero attached hydrogens (tertiary/aromatic N) is 1. The Balaban J connectivity index is 0.000000413. The van der Waals surface area contributed by atoms with E-state index in [1.54, 1.807) is 47.2 Å². The van der Waals surface area contributed by atoms with Crippen molar-refractivity contribution in [2.75, 3.05) is 7.11 Å². The van der Waals surface area contributed by atoms with Gasteiger partial charge in [-0.25, -0.2) is 13.0 Å². The van der Waals surface area contributed by atoms with Crippen molar-refractivity contribution < 1.29 is 31.3 Å². The summed E-state index contributed by atoms with van der Waals surface area (Å²) in [5.74, 6) is -0.299. The molecule has 0 aliphatic rings. The fourth-order valence-electron chi connectivity index (χ4n) is 1.73. The van der Waals surface area contributed by atoms with Gasteiger partial charge in [0.1, 0.15) is 7.05 Å². The molecule has 2 rings (SSSR count). The molecule has 1 aromatic heterocycles. The van der Waals surface area contributed by atoms with Crippen LogP contribution in [0.25, 0.3) is 0 Å². The molecular formula is C16H17NO6S. The molecule has 0 unspecified atom stereocenters. The molecule has 0 atom stereocenters. The fourth-order valence-corrected chi connectivity index (χ4v) is 1.73. The number of hydrogen-bond acceptors (Lipinski definition) is 6. The lowest BCUT2D eigenvalue weighted by molar-refractivity contribution is -0.671. The van der Waals surface area contributed by atoms with Crippen LogP contribution in [0.5, 0.6) is 0 Å². The van der Waals surface area contributed by atoms with Gasteiger partial charge in [-0.3, -0.25) is 13.8 Å². The summed E-state index contributed by atoms with van der Waals surface area (Å²) in [5.41, 5.74) is 1.13. The Morgan fingerprint density at radius 1 is 1.04 bits per heavy atom. The monoisotopic (exact) mass is 351 g/mol. The third-order valence-corrected chi connectivity index (χ3v) is 3.29. The van der Waals surface area contributed by atoms with Crippen LogP contribution in [0, 0.1) is 0 Å². The summed E-state index contributed by atoms with van der Waals surface area (Å²) in [6.07, 6.45) is 3.48. The van der Waals surface area contributed by atoms with Gasteiger partial charge in [0.05, 0.1) is 19.1 Å². The molecule has 0 amide bonds. The first-order valence-corrected chi connectivity index (χ1v) is 8.14. The number of aromatic nitrogens is 1. The van der Waals surface area contributed by atoms with Crippen molar-refractivity contribution in [3.63, 3.8) is 0 Å². The van der Waals surface area contributed by atoms with Crippen LogP contribution >= 0.6 is 0 Å². The normalized spacial score (nSPS) is 10.5. The Morgan fingerprint density at radius 2 is 1.54 bits per heavy atom. The van der Waals surface area contributed by atoms with E-state index in [9.17, 15) is 22.6 Å². The zero-order chi connectivity index (χ0) is 18.2. The summed E-state index contributed by atoms with van der Waals surface area (Å²) >= 11 is 0. The highest BCUT2D eigenvalue weighted by Gasteiger charge is 2.15. The second-order valence-corrected chi connectivity index (χ2v) is 5.87. The van der Waals surface area contributed by atoms with Gasteiger partial charge in [-0.1, -0.05) is 30.3 Å². The van der Waals surface area contributed by atoms with Gasteiger partial charge in [-0.2, -0.15) is 0 Å². The Morgan fingerprint density at radius 3 is 2.04 bits per heavy atom. The molecule has 128 valence electrons. The topological polar surface area (TPSA) is 104 Å². The van der Waals surface area contributed by atoms with Crippen molar-refractivity contribution >= 4 is 22.0 Å². The molecule has 8 heteroatoms. The zero-order valence-corrected chi connectivity index (χ0v) is 14.0. The molecule has 0 N–H and O–H groups in total. The number of hydrogen-bond donors (Lipinski definition) is 0. The summed E-state index contributed by atoms with van der Waals surface area (Å²) in [5, 5.41) is 0. The SMILES string of the molecule is COS(=O)(=O)[O-].C[n+]1cccc(C(=O)CC(=O)c2ccccc2)c1. The third kappa shape index (κ3) is 7.23. The van der Waals surface area contributed by atoms with Gasteiger partial charge in [0, 0.05) is 11.6 Å². The maximum absolute atomic E-state index is 11.9. The number of rotatable bonds is 5. The van der Waals surface area contributed by atoms with Crippen LogP contribution in [0.4, 0.5) is 0 Å². The third-order valence-electron chi connectivity index (χ3n) is 2.88. The predicted molar refractivity (Wildman–Crippen MR) is 84.0 cm³/mol. The molecule has 0 saturated carbocycles. The lowest BCUT2D eigenvalue weighted by Crippen LogP contribution is -2.28. The van der Waals surface area contributed by atoms with E-state index in [2.05, 4.69) is 4.18 Å². The van der Waals surface area contributed by atoms with Crippen LogP contribution in [0.15, 0.2) is 54.9 Å². The minimum Gasteiger partial charge on any atom is -0.726 e. The number of aryl methyl sites for hydroxylation is 1. The average molecular weight is 351 g/mol. The number of benzene rings is 1. The first-order chi connectivity index (χ1) is 11.2. The van der Waals surface area contributed by atoms with E-state index in [1.807, 2.05) is 19.3 Å². The maximum atomic E-state index is 11.9. The van der Waals surface area contributed by atoms with Gasteiger partial charge in [0.15, 0.2) is 24.0 Å². The van der Waals surface area contributed by atoms with Crippen molar-refractivity contribution in [2.24, 2.45) is 7.05 Å². The summed E-state index contributed by atoms with van der Waals surface area (Å²) in [6.45, 7) is 0. The van der Waals surface area contributed by atoms with E-state index >= 15 is 0 Å². The summed E-state index contributed by atoms with van der Waals surface area (Å²) < 4.78 is 32.8. The Hall–Kier alpha value is -2.42. The Kier molecular flexibility index (Phi) is 7.37. The Bertz CT molecular complexity index is 802. The zero-order valence-electron chi connectivity index (χ0n) is 13.2. The quantitative estimate of drug-likeness (QED) is 0.262. The first-order valence-electron chi connectivity index (χ1n) is 6.81. The van der Waals surface area contributed by atoms with Crippen LogP contribution in [0.2, 0.25) is 0 Å². The van der Waals surface area contributed by atoms with E-state index in [0.29, 0.717) is 11.1 Å². The number of ketones is 2. The highest BCUT2D eigenvalue weighted by molar-refractivity contribution is 7.80. The predicted octanol–water partition coefficient (Wildman–Crippen LogP) is 1.06. The minimum atomic E-state index is -4.41. The van der Waals surface area contributed by atoms with Crippen LogP contribution < -0.4 is 4.57 Å². The molecule has 1 aromatic carbocycles. The molecule has 2 aromatic rings. The van der Waals surface area contributed by atoms with Crippen molar-refractivity contribution in [2.45, 2.75) is 6.42 Å². The van der Waals surface area contributed by atoms with E-state index in [1.165, 1.54) is 0 Å². The highest BCUT2D eigenvalue weighted by atomic mass is 32.3. The van der Waals surface area contributed by atoms with E-state index in [0.717, 1.165) is 7.11 Å². The van der Waals surface area contributed by atoms with Crippen molar-refractivity contribution in [1.82, 2.24) is 0 Å². The smallest absolute Gasteiger partial charge is 0.217 e. The molecule has 0 aliphatic carbocycles.